The molecule has 0 fully saturated rings. The number of hydrogen-bond acceptors (Lipinski definition) is 8. The van der Waals surface area contributed by atoms with Gasteiger partial charge in [0.05, 0.1) is 43.9 Å². The summed E-state index contributed by atoms with van der Waals surface area (Å²) in [4.78, 5) is 15.6. The number of methoxy groups -OCH3 is 4. The zero-order valence-corrected chi connectivity index (χ0v) is 19.8. The molecule has 1 heterocycles. The highest BCUT2D eigenvalue weighted by Gasteiger charge is 2.20. The van der Waals surface area contributed by atoms with Gasteiger partial charge in [0.25, 0.3) is 0 Å². The van der Waals surface area contributed by atoms with Crippen molar-refractivity contribution in [3.63, 3.8) is 0 Å². The van der Waals surface area contributed by atoms with Crippen LogP contribution in [-0.2, 0) is 16.0 Å². The quantitative estimate of drug-likeness (QED) is 0.467. The molecule has 178 valence electrons. The molecule has 0 aliphatic carbocycles. The van der Waals surface area contributed by atoms with Crippen LogP contribution in [0.2, 0.25) is 0 Å². The molecule has 1 aromatic heterocycles. The van der Waals surface area contributed by atoms with Crippen molar-refractivity contribution < 1.29 is 28.5 Å². The molecule has 1 N–H and O–H groups in total. The van der Waals surface area contributed by atoms with Crippen LogP contribution >= 0.6 is 0 Å². The molecule has 33 heavy (non-hydrogen) atoms. The Morgan fingerprint density at radius 2 is 1.61 bits per heavy atom. The number of ether oxygens (including phenoxy) is 4. The Morgan fingerprint density at radius 1 is 0.939 bits per heavy atom. The van der Waals surface area contributed by atoms with Crippen LogP contribution in [0.15, 0.2) is 39.5 Å². The monoisotopic (exact) mass is 457 g/mol. The van der Waals surface area contributed by atoms with Gasteiger partial charge in [-0.1, -0.05) is 6.07 Å². The summed E-state index contributed by atoms with van der Waals surface area (Å²) in [6.45, 7) is 4.47. The minimum absolute atomic E-state index is 0.0729. The van der Waals surface area contributed by atoms with E-state index in [1.165, 1.54) is 6.07 Å². The maximum absolute atomic E-state index is 13.5. The number of rotatable bonds is 11. The average Bonchev–Trinajstić information content (AvgIpc) is 2.82. The van der Waals surface area contributed by atoms with Crippen LogP contribution in [0, 0.1) is 6.92 Å². The van der Waals surface area contributed by atoms with Gasteiger partial charge in [0.1, 0.15) is 17.1 Å². The van der Waals surface area contributed by atoms with Crippen molar-refractivity contribution in [1.82, 2.24) is 4.90 Å². The first kappa shape index (κ1) is 24.6. The Morgan fingerprint density at radius 3 is 2.21 bits per heavy atom. The van der Waals surface area contributed by atoms with Gasteiger partial charge in [0.15, 0.2) is 11.5 Å². The molecule has 0 amide bonds. The summed E-state index contributed by atoms with van der Waals surface area (Å²) in [5, 5.41) is 11.0. The Labute approximate surface area is 193 Å². The van der Waals surface area contributed by atoms with Crippen LogP contribution in [0.5, 0.6) is 17.2 Å². The van der Waals surface area contributed by atoms with Crippen molar-refractivity contribution in [2.45, 2.75) is 13.5 Å². The summed E-state index contributed by atoms with van der Waals surface area (Å²) in [7, 11) is 6.39. The number of nitrogens with zero attached hydrogens (tertiary/aromatic N) is 1. The summed E-state index contributed by atoms with van der Waals surface area (Å²) in [6.07, 6.45) is 0. The van der Waals surface area contributed by atoms with Crippen molar-refractivity contribution in [2.75, 3.05) is 54.7 Å². The maximum atomic E-state index is 13.5. The van der Waals surface area contributed by atoms with E-state index in [9.17, 15) is 9.90 Å². The zero-order chi connectivity index (χ0) is 24.0. The Hall–Kier alpha value is -3.07. The summed E-state index contributed by atoms with van der Waals surface area (Å²) in [5.41, 5.74) is 1.86. The van der Waals surface area contributed by atoms with E-state index in [0.717, 1.165) is 0 Å². The molecule has 3 aromatic rings. The Balaban J connectivity index is 2.11. The van der Waals surface area contributed by atoms with E-state index in [2.05, 4.69) is 4.90 Å². The molecule has 0 bridgehead atoms. The van der Waals surface area contributed by atoms with Crippen LogP contribution in [-0.4, -0.2) is 64.7 Å². The number of phenolic OH excluding ortho intramolecular Hbond substituents is 1. The van der Waals surface area contributed by atoms with Crippen molar-refractivity contribution >= 4 is 11.0 Å². The van der Waals surface area contributed by atoms with E-state index in [4.69, 9.17) is 23.4 Å². The highest BCUT2D eigenvalue weighted by atomic mass is 16.5. The van der Waals surface area contributed by atoms with Crippen molar-refractivity contribution in [2.24, 2.45) is 0 Å². The first-order chi connectivity index (χ1) is 15.9. The number of hydrogen-bond donors (Lipinski definition) is 1. The number of benzene rings is 2. The maximum Gasteiger partial charge on any atom is 0.200 e. The number of phenols is 1. The third-order valence-corrected chi connectivity index (χ3v) is 5.59. The Kier molecular flexibility index (Phi) is 8.32. The second-order valence-corrected chi connectivity index (χ2v) is 7.63. The largest absolute Gasteiger partial charge is 0.507 e. The van der Waals surface area contributed by atoms with Gasteiger partial charge >= 0.3 is 0 Å². The van der Waals surface area contributed by atoms with Crippen molar-refractivity contribution in [3.05, 3.63) is 51.9 Å². The second-order valence-electron chi connectivity index (χ2n) is 7.63. The normalized spacial score (nSPS) is 11.3. The molecule has 0 aliphatic rings. The molecule has 0 unspecified atom stereocenters. The first-order valence-electron chi connectivity index (χ1n) is 10.7. The van der Waals surface area contributed by atoms with E-state index in [1.807, 2.05) is 0 Å². The van der Waals surface area contributed by atoms with Crippen LogP contribution < -0.4 is 14.9 Å². The lowest BCUT2D eigenvalue weighted by Gasteiger charge is -2.22. The fourth-order valence-corrected chi connectivity index (χ4v) is 3.82. The highest BCUT2D eigenvalue weighted by Crippen LogP contribution is 2.35. The summed E-state index contributed by atoms with van der Waals surface area (Å²) in [6, 6.07) is 8.43. The van der Waals surface area contributed by atoms with Gasteiger partial charge < -0.3 is 28.5 Å². The fraction of sp³-hybridized carbons (Fsp3) is 0.400. The molecular weight excluding hydrogens is 426 g/mol. The zero-order valence-electron chi connectivity index (χ0n) is 19.8. The lowest BCUT2D eigenvalue weighted by molar-refractivity contribution is 0.110. The molecule has 0 saturated heterocycles. The highest BCUT2D eigenvalue weighted by molar-refractivity contribution is 5.86. The number of aromatic hydroxyl groups is 1. The van der Waals surface area contributed by atoms with Crippen molar-refractivity contribution in [3.8, 4) is 28.4 Å². The second kappa shape index (κ2) is 11.2. The Bertz CT molecular complexity index is 1150. The minimum Gasteiger partial charge on any atom is -0.507 e. The first-order valence-corrected chi connectivity index (χ1v) is 10.7. The molecule has 0 atom stereocenters. The van der Waals surface area contributed by atoms with Gasteiger partial charge in [0, 0.05) is 33.9 Å². The number of fused-ring (bicyclic) bond motifs is 1. The molecule has 2 aromatic carbocycles. The van der Waals surface area contributed by atoms with Gasteiger partial charge in [-0.2, -0.15) is 0 Å². The van der Waals surface area contributed by atoms with Crippen molar-refractivity contribution in [1.29, 1.82) is 0 Å². The van der Waals surface area contributed by atoms with Crippen LogP contribution in [0.4, 0.5) is 0 Å². The summed E-state index contributed by atoms with van der Waals surface area (Å²) >= 11 is 0. The lowest BCUT2D eigenvalue weighted by atomic mass is 10.00. The predicted molar refractivity (Wildman–Crippen MR) is 126 cm³/mol. The topological polar surface area (TPSA) is 90.6 Å². The van der Waals surface area contributed by atoms with E-state index >= 15 is 0 Å². The molecular formula is C25H31NO7. The van der Waals surface area contributed by atoms with Crippen LogP contribution in [0.3, 0.4) is 0 Å². The van der Waals surface area contributed by atoms with Gasteiger partial charge in [-0.3, -0.25) is 9.69 Å². The minimum atomic E-state index is -0.178. The molecule has 3 rings (SSSR count). The van der Waals surface area contributed by atoms with Gasteiger partial charge in [-0.05, 0) is 36.8 Å². The molecule has 0 radical (unpaired) electrons. The predicted octanol–water partition coefficient (Wildman–Crippen LogP) is 3.59. The third kappa shape index (κ3) is 5.30. The molecule has 8 nitrogen and oxygen atoms in total. The molecule has 0 spiro atoms. The van der Waals surface area contributed by atoms with Crippen LogP contribution in [0.1, 0.15) is 11.3 Å². The van der Waals surface area contributed by atoms with E-state index < -0.39 is 0 Å². The van der Waals surface area contributed by atoms with E-state index in [0.29, 0.717) is 77.8 Å². The number of aryl methyl sites for hydroxylation is 1. The van der Waals surface area contributed by atoms with E-state index in [1.54, 1.807) is 59.6 Å². The lowest BCUT2D eigenvalue weighted by Crippen LogP contribution is -2.30. The van der Waals surface area contributed by atoms with E-state index in [-0.39, 0.29) is 11.2 Å². The standard InChI is InChI=1S/C25H31NO7/c1-16-23(17-6-9-21(31-4)22(14-17)32-5)24(28)18-7-8-20(27)19(25(18)33-16)15-26(10-12-29-2)11-13-30-3/h6-9,14,27H,10-13,15H2,1-5H3. The summed E-state index contributed by atoms with van der Waals surface area (Å²) in [5.74, 6) is 1.62. The van der Waals surface area contributed by atoms with Crippen LogP contribution in [0.25, 0.3) is 22.1 Å². The third-order valence-electron chi connectivity index (χ3n) is 5.59. The smallest absolute Gasteiger partial charge is 0.200 e. The van der Waals surface area contributed by atoms with Gasteiger partial charge in [0.2, 0.25) is 5.43 Å². The molecule has 8 heteroatoms. The fourth-order valence-electron chi connectivity index (χ4n) is 3.82. The molecule has 0 saturated carbocycles. The SMILES string of the molecule is COCCN(CCOC)Cc1c(O)ccc2c(=O)c(-c3ccc(OC)c(OC)c3)c(C)oc12. The average molecular weight is 458 g/mol. The summed E-state index contributed by atoms with van der Waals surface area (Å²) < 4.78 is 27.3. The molecule has 0 aliphatic heterocycles. The van der Waals surface area contributed by atoms with Gasteiger partial charge in [-0.25, -0.2) is 0 Å². The van der Waals surface area contributed by atoms with Gasteiger partial charge in [-0.15, -0.1) is 0 Å².